The van der Waals surface area contributed by atoms with Crippen LogP contribution in [0.3, 0.4) is 0 Å². The highest BCUT2D eigenvalue weighted by molar-refractivity contribution is 7.86. The lowest BCUT2D eigenvalue weighted by Gasteiger charge is -2.38. The summed E-state index contributed by atoms with van der Waals surface area (Å²) in [5.41, 5.74) is 1.29. The molecule has 23 heavy (non-hydrogen) atoms. The Bertz CT molecular complexity index is 598. The van der Waals surface area contributed by atoms with Crippen LogP contribution in [-0.4, -0.2) is 61.2 Å². The van der Waals surface area contributed by atoms with E-state index in [0.29, 0.717) is 32.1 Å². The van der Waals surface area contributed by atoms with Crippen LogP contribution in [0.2, 0.25) is 0 Å². The predicted octanol–water partition coefficient (Wildman–Crippen LogP) is 1.78. The van der Waals surface area contributed by atoms with Gasteiger partial charge in [-0.15, -0.1) is 0 Å². The number of rotatable bonds is 4. The first kappa shape index (κ1) is 16.9. The highest BCUT2D eigenvalue weighted by atomic mass is 32.2. The molecule has 0 bridgehead atoms. The summed E-state index contributed by atoms with van der Waals surface area (Å²) in [5, 5.41) is 0. The van der Waals surface area contributed by atoms with Crippen LogP contribution in [0.4, 0.5) is 0 Å². The molecular weight excluding hydrogens is 310 g/mol. The third kappa shape index (κ3) is 4.12. The van der Waals surface area contributed by atoms with Gasteiger partial charge in [0.15, 0.2) is 0 Å². The maximum absolute atomic E-state index is 12.8. The Balaban J connectivity index is 1.55. The van der Waals surface area contributed by atoms with E-state index in [-0.39, 0.29) is 0 Å². The Morgan fingerprint density at radius 3 is 2.35 bits per heavy atom. The normalized spacial score (nSPS) is 25.5. The van der Waals surface area contributed by atoms with E-state index in [2.05, 4.69) is 24.0 Å². The van der Waals surface area contributed by atoms with Gasteiger partial charge in [-0.1, -0.05) is 37.3 Å². The number of hydrogen-bond acceptors (Lipinski definition) is 3. The van der Waals surface area contributed by atoms with Crippen molar-refractivity contribution in [1.29, 1.82) is 0 Å². The summed E-state index contributed by atoms with van der Waals surface area (Å²) in [6, 6.07) is 10.4. The topological polar surface area (TPSA) is 43.9 Å². The Labute approximate surface area is 140 Å². The summed E-state index contributed by atoms with van der Waals surface area (Å²) in [6.45, 7) is 7.19. The number of piperazine rings is 1. The van der Waals surface area contributed by atoms with Crippen LogP contribution in [0.5, 0.6) is 0 Å². The van der Waals surface area contributed by atoms with Gasteiger partial charge >= 0.3 is 0 Å². The number of hydrogen-bond donors (Lipinski definition) is 0. The summed E-state index contributed by atoms with van der Waals surface area (Å²) in [4.78, 5) is 2.33. The number of benzene rings is 1. The van der Waals surface area contributed by atoms with Gasteiger partial charge in [-0.3, -0.25) is 4.90 Å². The zero-order valence-electron chi connectivity index (χ0n) is 13.9. The highest BCUT2D eigenvalue weighted by Crippen LogP contribution is 2.21. The molecule has 0 aromatic heterocycles. The maximum Gasteiger partial charge on any atom is 0.282 e. The minimum atomic E-state index is -3.27. The molecule has 1 aromatic carbocycles. The van der Waals surface area contributed by atoms with Gasteiger partial charge in [-0.25, -0.2) is 0 Å². The standard InChI is InChI=1S/C17H27N3O2S/c1-16-6-5-9-20(14-16)23(21,22)19-12-10-18(11-13-19)15-17-7-3-2-4-8-17/h2-4,7-8,16H,5-6,9-15H2,1H3/t16-/m0/s1. The molecule has 2 saturated heterocycles. The van der Waals surface area contributed by atoms with Crippen LogP contribution in [0, 0.1) is 5.92 Å². The van der Waals surface area contributed by atoms with E-state index in [9.17, 15) is 8.42 Å². The van der Waals surface area contributed by atoms with Crippen LogP contribution in [0.15, 0.2) is 30.3 Å². The van der Waals surface area contributed by atoms with Crippen LogP contribution in [0.1, 0.15) is 25.3 Å². The van der Waals surface area contributed by atoms with E-state index >= 15 is 0 Å². The van der Waals surface area contributed by atoms with Gasteiger partial charge < -0.3 is 0 Å². The smallest absolute Gasteiger partial charge is 0.282 e. The molecule has 1 aromatic rings. The Morgan fingerprint density at radius 1 is 1.00 bits per heavy atom. The molecule has 0 saturated carbocycles. The second-order valence-corrected chi connectivity index (χ2v) is 8.70. The quantitative estimate of drug-likeness (QED) is 0.841. The van der Waals surface area contributed by atoms with Crippen molar-refractivity contribution in [2.45, 2.75) is 26.3 Å². The first-order chi connectivity index (χ1) is 11.1. The van der Waals surface area contributed by atoms with Gasteiger partial charge in [-0.2, -0.15) is 17.0 Å². The molecule has 2 heterocycles. The summed E-state index contributed by atoms with van der Waals surface area (Å²) >= 11 is 0. The molecule has 2 fully saturated rings. The first-order valence-electron chi connectivity index (χ1n) is 8.57. The zero-order valence-corrected chi connectivity index (χ0v) is 14.7. The summed E-state index contributed by atoms with van der Waals surface area (Å²) in [7, 11) is -3.27. The molecule has 6 heteroatoms. The van der Waals surface area contributed by atoms with E-state index in [1.807, 2.05) is 18.2 Å². The molecule has 1 atom stereocenters. The van der Waals surface area contributed by atoms with E-state index in [1.54, 1.807) is 8.61 Å². The second-order valence-electron chi connectivity index (χ2n) is 6.77. The monoisotopic (exact) mass is 337 g/mol. The van der Waals surface area contributed by atoms with Crippen LogP contribution in [-0.2, 0) is 16.8 Å². The fourth-order valence-corrected chi connectivity index (χ4v) is 5.23. The second kappa shape index (κ2) is 7.30. The average Bonchev–Trinajstić information content (AvgIpc) is 2.56. The largest absolute Gasteiger partial charge is 0.296 e. The molecule has 5 nitrogen and oxygen atoms in total. The van der Waals surface area contributed by atoms with Gasteiger partial charge in [0, 0.05) is 45.8 Å². The lowest BCUT2D eigenvalue weighted by molar-refractivity contribution is 0.169. The molecule has 0 N–H and O–H groups in total. The lowest BCUT2D eigenvalue weighted by atomic mass is 10.0. The Morgan fingerprint density at radius 2 is 1.70 bits per heavy atom. The molecule has 3 rings (SSSR count). The van der Waals surface area contributed by atoms with E-state index in [4.69, 9.17) is 0 Å². The lowest BCUT2D eigenvalue weighted by Crippen LogP contribution is -2.54. The predicted molar refractivity (Wildman–Crippen MR) is 92.2 cm³/mol. The minimum absolute atomic E-state index is 0.470. The fourth-order valence-electron chi connectivity index (χ4n) is 3.48. The summed E-state index contributed by atoms with van der Waals surface area (Å²) in [5.74, 6) is 0.470. The van der Waals surface area contributed by atoms with Crippen molar-refractivity contribution >= 4 is 10.2 Å². The zero-order chi connectivity index (χ0) is 16.3. The average molecular weight is 337 g/mol. The minimum Gasteiger partial charge on any atom is -0.296 e. The van der Waals surface area contributed by atoms with E-state index in [1.165, 1.54) is 5.56 Å². The van der Waals surface area contributed by atoms with E-state index < -0.39 is 10.2 Å². The van der Waals surface area contributed by atoms with Crippen molar-refractivity contribution in [2.75, 3.05) is 39.3 Å². The molecule has 2 aliphatic rings. The molecule has 2 aliphatic heterocycles. The SMILES string of the molecule is C[C@H]1CCCN(S(=O)(=O)N2CCN(Cc3ccccc3)CC2)C1. The third-order valence-corrected chi connectivity index (χ3v) is 6.85. The number of piperidine rings is 1. The maximum atomic E-state index is 12.8. The van der Waals surface area contributed by atoms with Gasteiger partial charge in [0.25, 0.3) is 10.2 Å². The molecule has 0 amide bonds. The Hall–Kier alpha value is -0.950. The van der Waals surface area contributed by atoms with Crippen molar-refractivity contribution in [1.82, 2.24) is 13.5 Å². The van der Waals surface area contributed by atoms with Crippen molar-refractivity contribution in [3.63, 3.8) is 0 Å². The molecular formula is C17H27N3O2S. The van der Waals surface area contributed by atoms with E-state index in [0.717, 1.165) is 32.5 Å². The van der Waals surface area contributed by atoms with Gasteiger partial charge in [0.2, 0.25) is 0 Å². The third-order valence-electron chi connectivity index (χ3n) is 4.85. The van der Waals surface area contributed by atoms with Crippen molar-refractivity contribution in [3.8, 4) is 0 Å². The van der Waals surface area contributed by atoms with Gasteiger partial charge in [0.05, 0.1) is 0 Å². The molecule has 0 spiro atoms. The number of nitrogens with zero attached hydrogens (tertiary/aromatic N) is 3. The molecule has 128 valence electrons. The summed E-state index contributed by atoms with van der Waals surface area (Å²) in [6.07, 6.45) is 2.12. The van der Waals surface area contributed by atoms with Gasteiger partial charge in [-0.05, 0) is 24.3 Å². The summed E-state index contributed by atoms with van der Waals surface area (Å²) < 4.78 is 28.9. The molecule has 0 aliphatic carbocycles. The fraction of sp³-hybridized carbons (Fsp3) is 0.647. The Kier molecular flexibility index (Phi) is 5.36. The van der Waals surface area contributed by atoms with Crippen molar-refractivity contribution in [2.24, 2.45) is 5.92 Å². The van der Waals surface area contributed by atoms with Gasteiger partial charge in [0.1, 0.15) is 0 Å². The highest BCUT2D eigenvalue weighted by Gasteiger charge is 2.34. The van der Waals surface area contributed by atoms with Crippen molar-refractivity contribution in [3.05, 3.63) is 35.9 Å². The van der Waals surface area contributed by atoms with Crippen LogP contribution < -0.4 is 0 Å². The van der Waals surface area contributed by atoms with Crippen LogP contribution >= 0.6 is 0 Å². The molecule has 0 unspecified atom stereocenters. The van der Waals surface area contributed by atoms with Crippen molar-refractivity contribution < 1.29 is 8.42 Å². The first-order valence-corrected chi connectivity index (χ1v) is 9.97. The van der Waals surface area contributed by atoms with Crippen LogP contribution in [0.25, 0.3) is 0 Å². The molecule has 0 radical (unpaired) electrons.